The van der Waals surface area contributed by atoms with Crippen molar-refractivity contribution in [3.8, 4) is 5.75 Å². The smallest absolute Gasteiger partial charge is 0.222 e. The Kier molecular flexibility index (Phi) is 6.15. The van der Waals surface area contributed by atoms with Gasteiger partial charge in [-0.15, -0.1) is 0 Å². The topological polar surface area (TPSA) is 29.5 Å². The maximum Gasteiger partial charge on any atom is 0.222 e. The number of carbonyl (C=O) groups is 1. The van der Waals surface area contributed by atoms with Crippen LogP contribution < -0.4 is 4.74 Å². The maximum absolute atomic E-state index is 13.1. The van der Waals surface area contributed by atoms with Crippen molar-refractivity contribution >= 4 is 5.91 Å². The Labute approximate surface area is 136 Å². The lowest BCUT2D eigenvalue weighted by atomic mass is 10.1. The summed E-state index contributed by atoms with van der Waals surface area (Å²) >= 11 is 0. The molecular formula is C19H22FNO2. The third-order valence-electron chi connectivity index (χ3n) is 3.85. The number of carbonyl (C=O) groups excluding carboxylic acids is 1. The van der Waals surface area contributed by atoms with Crippen molar-refractivity contribution in [3.05, 3.63) is 65.5 Å². The zero-order valence-electron chi connectivity index (χ0n) is 13.6. The fourth-order valence-corrected chi connectivity index (χ4v) is 2.46. The van der Waals surface area contributed by atoms with Gasteiger partial charge in [-0.25, -0.2) is 4.39 Å². The molecule has 0 atom stereocenters. The molecule has 0 heterocycles. The number of benzene rings is 2. The van der Waals surface area contributed by atoms with Gasteiger partial charge >= 0.3 is 0 Å². The molecule has 0 aliphatic carbocycles. The molecule has 2 aromatic carbocycles. The van der Waals surface area contributed by atoms with Gasteiger partial charge in [0.2, 0.25) is 5.91 Å². The summed E-state index contributed by atoms with van der Waals surface area (Å²) in [6.07, 6.45) is 1.67. The van der Waals surface area contributed by atoms with Crippen LogP contribution in [-0.2, 0) is 17.6 Å². The van der Waals surface area contributed by atoms with Crippen molar-refractivity contribution in [3.63, 3.8) is 0 Å². The Hall–Kier alpha value is -2.36. The second-order valence-corrected chi connectivity index (χ2v) is 5.51. The third-order valence-corrected chi connectivity index (χ3v) is 3.85. The summed E-state index contributed by atoms with van der Waals surface area (Å²) in [5.74, 6) is 0.636. The van der Waals surface area contributed by atoms with Gasteiger partial charge in [-0.1, -0.05) is 30.3 Å². The minimum atomic E-state index is -0.264. The van der Waals surface area contributed by atoms with E-state index >= 15 is 0 Å². The van der Waals surface area contributed by atoms with E-state index in [0.717, 1.165) is 23.3 Å². The van der Waals surface area contributed by atoms with Crippen LogP contribution in [0.3, 0.4) is 0 Å². The molecule has 0 saturated heterocycles. The minimum absolute atomic E-state index is 0.0594. The molecule has 122 valence electrons. The summed E-state index contributed by atoms with van der Waals surface area (Å²) in [6, 6.07) is 14.2. The van der Waals surface area contributed by atoms with Crippen LogP contribution in [0.4, 0.5) is 4.39 Å². The van der Waals surface area contributed by atoms with Gasteiger partial charge in [-0.3, -0.25) is 4.79 Å². The highest BCUT2D eigenvalue weighted by Gasteiger charge is 2.10. The Morgan fingerprint density at radius 1 is 1.13 bits per heavy atom. The number of likely N-dealkylation sites (N-methyl/N-ethyl adjacent to an activating group) is 1. The number of hydrogen-bond donors (Lipinski definition) is 0. The van der Waals surface area contributed by atoms with Crippen molar-refractivity contribution in [2.75, 3.05) is 20.7 Å². The van der Waals surface area contributed by atoms with Gasteiger partial charge in [-0.05, 0) is 42.2 Å². The molecule has 2 rings (SSSR count). The first-order chi connectivity index (χ1) is 11.1. The number of halogens is 1. The van der Waals surface area contributed by atoms with Gasteiger partial charge in [0.05, 0.1) is 7.11 Å². The molecule has 1 amide bonds. The van der Waals surface area contributed by atoms with E-state index in [4.69, 9.17) is 4.74 Å². The summed E-state index contributed by atoms with van der Waals surface area (Å²) in [5, 5.41) is 0. The number of amides is 1. The van der Waals surface area contributed by atoms with E-state index in [-0.39, 0.29) is 11.7 Å². The van der Waals surface area contributed by atoms with E-state index in [1.807, 2.05) is 30.3 Å². The molecule has 0 N–H and O–H groups in total. The molecule has 2 aromatic rings. The number of aryl methyl sites for hydroxylation is 1. The van der Waals surface area contributed by atoms with Crippen molar-refractivity contribution in [1.29, 1.82) is 0 Å². The Balaban J connectivity index is 1.83. The number of para-hydroxylation sites is 1. The number of nitrogens with zero attached hydrogens (tertiary/aromatic N) is 1. The van der Waals surface area contributed by atoms with E-state index in [1.165, 1.54) is 12.1 Å². The predicted octanol–water partition coefficient (Wildman–Crippen LogP) is 3.47. The molecule has 0 aliphatic heterocycles. The lowest BCUT2D eigenvalue weighted by Crippen LogP contribution is -2.29. The molecule has 0 fully saturated rings. The predicted molar refractivity (Wildman–Crippen MR) is 89.1 cm³/mol. The standard InChI is InChI=1S/C19H22FNO2/c1-21(13-12-16-7-3-4-9-18(16)23-2)19(22)11-10-15-6-5-8-17(20)14-15/h3-9,14H,10-13H2,1-2H3. The molecule has 23 heavy (non-hydrogen) atoms. The summed E-state index contributed by atoms with van der Waals surface area (Å²) in [6.45, 7) is 0.627. The molecule has 0 radical (unpaired) electrons. The monoisotopic (exact) mass is 315 g/mol. The second kappa shape index (κ2) is 8.32. The quantitative estimate of drug-likeness (QED) is 0.783. The Bertz CT molecular complexity index is 657. The van der Waals surface area contributed by atoms with Gasteiger partial charge in [-0.2, -0.15) is 0 Å². The first-order valence-corrected chi connectivity index (χ1v) is 7.70. The molecule has 0 aromatic heterocycles. The van der Waals surface area contributed by atoms with Crippen LogP contribution >= 0.6 is 0 Å². The molecule has 3 nitrogen and oxygen atoms in total. The largest absolute Gasteiger partial charge is 0.496 e. The van der Waals surface area contributed by atoms with Gasteiger partial charge in [0, 0.05) is 20.0 Å². The van der Waals surface area contributed by atoms with E-state index in [0.29, 0.717) is 19.4 Å². The molecule has 0 unspecified atom stereocenters. The van der Waals surface area contributed by atoms with Crippen molar-refractivity contribution < 1.29 is 13.9 Å². The van der Waals surface area contributed by atoms with Crippen LogP contribution in [-0.4, -0.2) is 31.5 Å². The van der Waals surface area contributed by atoms with Crippen molar-refractivity contribution in [2.24, 2.45) is 0 Å². The van der Waals surface area contributed by atoms with E-state index in [1.54, 1.807) is 25.1 Å². The lowest BCUT2D eigenvalue weighted by molar-refractivity contribution is -0.129. The summed E-state index contributed by atoms with van der Waals surface area (Å²) < 4.78 is 18.4. The van der Waals surface area contributed by atoms with Gasteiger partial charge in [0.25, 0.3) is 0 Å². The zero-order valence-corrected chi connectivity index (χ0v) is 13.6. The van der Waals surface area contributed by atoms with Gasteiger partial charge in [0.1, 0.15) is 11.6 Å². The average molecular weight is 315 g/mol. The third kappa shape index (κ3) is 5.09. The highest BCUT2D eigenvalue weighted by molar-refractivity contribution is 5.76. The van der Waals surface area contributed by atoms with Crippen molar-refractivity contribution in [2.45, 2.75) is 19.3 Å². The second-order valence-electron chi connectivity index (χ2n) is 5.51. The Morgan fingerprint density at radius 3 is 2.65 bits per heavy atom. The van der Waals surface area contributed by atoms with Crippen LogP contribution in [0.15, 0.2) is 48.5 Å². The molecule has 0 aliphatic rings. The normalized spacial score (nSPS) is 10.4. The number of methoxy groups -OCH3 is 1. The number of rotatable bonds is 7. The highest BCUT2D eigenvalue weighted by atomic mass is 19.1. The molecule has 0 saturated carbocycles. The van der Waals surface area contributed by atoms with E-state index in [9.17, 15) is 9.18 Å². The fraction of sp³-hybridized carbons (Fsp3) is 0.316. The lowest BCUT2D eigenvalue weighted by Gasteiger charge is -2.18. The first-order valence-electron chi connectivity index (χ1n) is 7.70. The average Bonchev–Trinajstić information content (AvgIpc) is 2.57. The van der Waals surface area contributed by atoms with Crippen LogP contribution in [0.2, 0.25) is 0 Å². The summed E-state index contributed by atoms with van der Waals surface area (Å²) in [7, 11) is 3.44. The maximum atomic E-state index is 13.1. The number of ether oxygens (including phenoxy) is 1. The van der Waals surface area contributed by atoms with E-state index < -0.39 is 0 Å². The molecular weight excluding hydrogens is 293 g/mol. The summed E-state index contributed by atoms with van der Waals surface area (Å²) in [5.41, 5.74) is 1.93. The minimum Gasteiger partial charge on any atom is -0.496 e. The van der Waals surface area contributed by atoms with Crippen LogP contribution in [0.5, 0.6) is 5.75 Å². The van der Waals surface area contributed by atoms with Gasteiger partial charge < -0.3 is 9.64 Å². The molecule has 0 bridgehead atoms. The van der Waals surface area contributed by atoms with Crippen LogP contribution in [0, 0.1) is 5.82 Å². The van der Waals surface area contributed by atoms with Crippen molar-refractivity contribution in [1.82, 2.24) is 4.90 Å². The number of hydrogen-bond acceptors (Lipinski definition) is 2. The Morgan fingerprint density at radius 2 is 1.91 bits per heavy atom. The van der Waals surface area contributed by atoms with Gasteiger partial charge in [0.15, 0.2) is 0 Å². The first kappa shape index (κ1) is 17.0. The SMILES string of the molecule is COc1ccccc1CCN(C)C(=O)CCc1cccc(F)c1. The zero-order chi connectivity index (χ0) is 16.7. The highest BCUT2D eigenvalue weighted by Crippen LogP contribution is 2.18. The molecule has 4 heteroatoms. The van der Waals surface area contributed by atoms with Crippen LogP contribution in [0.1, 0.15) is 17.5 Å². The molecule has 0 spiro atoms. The summed E-state index contributed by atoms with van der Waals surface area (Å²) in [4.78, 5) is 13.9. The van der Waals surface area contributed by atoms with E-state index in [2.05, 4.69) is 0 Å². The van der Waals surface area contributed by atoms with Crippen LogP contribution in [0.25, 0.3) is 0 Å². The fourth-order valence-electron chi connectivity index (χ4n) is 2.46.